The van der Waals surface area contributed by atoms with Crippen LogP contribution in [0.4, 0.5) is 0 Å². The fraction of sp³-hybridized carbons (Fsp3) is 0.562. The SMILES string of the molecule is CC(C#N)CN(C)Cc1ccc(C(C)(C)C)cc1. The first-order valence-corrected chi connectivity index (χ1v) is 6.50. The van der Waals surface area contributed by atoms with E-state index in [9.17, 15) is 0 Å². The van der Waals surface area contributed by atoms with Gasteiger partial charge in [0.15, 0.2) is 0 Å². The maximum absolute atomic E-state index is 8.80. The van der Waals surface area contributed by atoms with Crippen molar-refractivity contribution in [2.24, 2.45) is 5.92 Å². The Morgan fingerprint density at radius 3 is 2.22 bits per heavy atom. The van der Waals surface area contributed by atoms with Gasteiger partial charge in [-0.05, 0) is 30.5 Å². The zero-order valence-corrected chi connectivity index (χ0v) is 12.2. The summed E-state index contributed by atoms with van der Waals surface area (Å²) in [6.07, 6.45) is 0. The van der Waals surface area contributed by atoms with E-state index in [1.165, 1.54) is 11.1 Å². The number of hydrogen-bond donors (Lipinski definition) is 0. The average Bonchev–Trinajstić information content (AvgIpc) is 2.28. The van der Waals surface area contributed by atoms with Crippen LogP contribution in [0, 0.1) is 17.2 Å². The van der Waals surface area contributed by atoms with Gasteiger partial charge in [-0.25, -0.2) is 0 Å². The molecule has 0 aliphatic rings. The standard InChI is InChI=1S/C16H24N2/c1-13(10-17)11-18(5)12-14-6-8-15(9-7-14)16(2,3)4/h6-9,13H,11-12H2,1-5H3. The summed E-state index contributed by atoms with van der Waals surface area (Å²) in [6.45, 7) is 10.3. The highest BCUT2D eigenvalue weighted by Crippen LogP contribution is 2.22. The summed E-state index contributed by atoms with van der Waals surface area (Å²) < 4.78 is 0. The second-order valence-electron chi connectivity index (χ2n) is 6.17. The number of rotatable bonds is 4. The Hall–Kier alpha value is -1.33. The van der Waals surface area contributed by atoms with Gasteiger partial charge in [0.05, 0.1) is 12.0 Å². The third-order valence-corrected chi connectivity index (χ3v) is 3.08. The molecule has 0 aromatic heterocycles. The molecule has 0 saturated heterocycles. The van der Waals surface area contributed by atoms with Crippen LogP contribution >= 0.6 is 0 Å². The second kappa shape index (κ2) is 6.02. The minimum Gasteiger partial charge on any atom is -0.301 e. The number of nitrogens with zero attached hydrogens (tertiary/aromatic N) is 2. The van der Waals surface area contributed by atoms with Crippen molar-refractivity contribution < 1.29 is 0 Å². The second-order valence-corrected chi connectivity index (χ2v) is 6.17. The molecule has 1 aromatic carbocycles. The van der Waals surface area contributed by atoms with Gasteiger partial charge in [0.2, 0.25) is 0 Å². The van der Waals surface area contributed by atoms with Crippen LogP contribution in [0.5, 0.6) is 0 Å². The molecule has 1 rings (SSSR count). The topological polar surface area (TPSA) is 27.0 Å². The molecule has 0 amide bonds. The Kier molecular flexibility index (Phi) is 4.93. The minimum atomic E-state index is 0.0869. The summed E-state index contributed by atoms with van der Waals surface area (Å²) in [7, 11) is 2.06. The normalized spacial score (nSPS) is 13.4. The van der Waals surface area contributed by atoms with Crippen LogP contribution in [0.1, 0.15) is 38.8 Å². The van der Waals surface area contributed by atoms with Crippen molar-refractivity contribution in [2.75, 3.05) is 13.6 Å². The molecule has 0 spiro atoms. The molecule has 0 bridgehead atoms. The van der Waals surface area contributed by atoms with E-state index in [0.717, 1.165) is 13.1 Å². The van der Waals surface area contributed by atoms with E-state index in [4.69, 9.17) is 5.26 Å². The van der Waals surface area contributed by atoms with Crippen LogP contribution < -0.4 is 0 Å². The van der Waals surface area contributed by atoms with Gasteiger partial charge >= 0.3 is 0 Å². The van der Waals surface area contributed by atoms with Gasteiger partial charge in [0, 0.05) is 13.1 Å². The Labute approximate surface area is 111 Å². The first kappa shape index (κ1) is 14.7. The molecule has 0 saturated carbocycles. The Bertz CT molecular complexity index is 406. The molecule has 0 radical (unpaired) electrons. The maximum Gasteiger partial charge on any atom is 0.0666 e. The Balaban J connectivity index is 2.62. The molecule has 0 aliphatic carbocycles. The van der Waals surface area contributed by atoms with Crippen LogP contribution in [0.3, 0.4) is 0 Å². The fourth-order valence-corrected chi connectivity index (χ4v) is 1.99. The van der Waals surface area contributed by atoms with E-state index < -0.39 is 0 Å². The number of benzene rings is 1. The van der Waals surface area contributed by atoms with Gasteiger partial charge in [-0.15, -0.1) is 0 Å². The van der Waals surface area contributed by atoms with E-state index in [-0.39, 0.29) is 11.3 Å². The predicted octanol–water partition coefficient (Wildman–Crippen LogP) is 3.58. The summed E-state index contributed by atoms with van der Waals surface area (Å²) >= 11 is 0. The molecule has 0 aliphatic heterocycles. The summed E-state index contributed by atoms with van der Waals surface area (Å²) in [5.74, 6) is 0.0869. The van der Waals surface area contributed by atoms with Gasteiger partial charge in [-0.2, -0.15) is 5.26 Å². The lowest BCUT2D eigenvalue weighted by Gasteiger charge is -2.21. The molecule has 2 heteroatoms. The lowest BCUT2D eigenvalue weighted by Crippen LogP contribution is -2.23. The molecule has 1 unspecified atom stereocenters. The van der Waals surface area contributed by atoms with E-state index in [1.54, 1.807) is 0 Å². The minimum absolute atomic E-state index is 0.0869. The molecule has 0 heterocycles. The van der Waals surface area contributed by atoms with E-state index in [2.05, 4.69) is 63.1 Å². The average molecular weight is 244 g/mol. The van der Waals surface area contributed by atoms with Gasteiger partial charge in [-0.3, -0.25) is 0 Å². The summed E-state index contributed by atoms with van der Waals surface area (Å²) in [5, 5.41) is 8.80. The summed E-state index contributed by atoms with van der Waals surface area (Å²) in [5.41, 5.74) is 2.87. The van der Waals surface area contributed by atoms with E-state index >= 15 is 0 Å². The Morgan fingerprint density at radius 1 is 1.22 bits per heavy atom. The van der Waals surface area contributed by atoms with Gasteiger partial charge in [0.1, 0.15) is 0 Å². The van der Waals surface area contributed by atoms with Crippen molar-refractivity contribution in [2.45, 2.75) is 39.7 Å². The van der Waals surface area contributed by atoms with Gasteiger partial charge < -0.3 is 4.90 Å². The first-order chi connectivity index (χ1) is 8.32. The zero-order chi connectivity index (χ0) is 13.8. The van der Waals surface area contributed by atoms with Gasteiger partial charge in [-0.1, -0.05) is 45.0 Å². The van der Waals surface area contributed by atoms with Crippen molar-refractivity contribution in [3.05, 3.63) is 35.4 Å². The van der Waals surface area contributed by atoms with Crippen molar-refractivity contribution in [3.63, 3.8) is 0 Å². The molecular formula is C16H24N2. The quantitative estimate of drug-likeness (QED) is 0.809. The lowest BCUT2D eigenvalue weighted by atomic mass is 9.87. The van der Waals surface area contributed by atoms with Crippen LogP contribution in [-0.4, -0.2) is 18.5 Å². The van der Waals surface area contributed by atoms with Crippen molar-refractivity contribution in [1.82, 2.24) is 4.90 Å². The largest absolute Gasteiger partial charge is 0.301 e. The monoisotopic (exact) mass is 244 g/mol. The highest BCUT2D eigenvalue weighted by atomic mass is 15.1. The van der Waals surface area contributed by atoms with Crippen molar-refractivity contribution >= 4 is 0 Å². The molecule has 0 N–H and O–H groups in total. The van der Waals surface area contributed by atoms with Crippen molar-refractivity contribution in [1.29, 1.82) is 5.26 Å². The molecular weight excluding hydrogens is 220 g/mol. The fourth-order valence-electron chi connectivity index (χ4n) is 1.99. The van der Waals surface area contributed by atoms with Crippen LogP contribution in [-0.2, 0) is 12.0 Å². The Morgan fingerprint density at radius 2 is 1.78 bits per heavy atom. The third-order valence-electron chi connectivity index (χ3n) is 3.08. The van der Waals surface area contributed by atoms with Gasteiger partial charge in [0.25, 0.3) is 0 Å². The summed E-state index contributed by atoms with van der Waals surface area (Å²) in [6, 6.07) is 11.1. The van der Waals surface area contributed by atoms with Crippen LogP contribution in [0.25, 0.3) is 0 Å². The summed E-state index contributed by atoms with van der Waals surface area (Å²) in [4.78, 5) is 2.19. The predicted molar refractivity (Wildman–Crippen MR) is 76.3 cm³/mol. The third kappa shape index (κ3) is 4.50. The zero-order valence-electron chi connectivity index (χ0n) is 12.2. The van der Waals surface area contributed by atoms with E-state index in [1.807, 2.05) is 6.92 Å². The first-order valence-electron chi connectivity index (χ1n) is 6.50. The molecule has 0 fully saturated rings. The van der Waals surface area contributed by atoms with Crippen LogP contribution in [0.15, 0.2) is 24.3 Å². The molecule has 98 valence electrons. The van der Waals surface area contributed by atoms with Crippen molar-refractivity contribution in [3.8, 4) is 6.07 Å². The maximum atomic E-state index is 8.80. The molecule has 2 nitrogen and oxygen atoms in total. The smallest absolute Gasteiger partial charge is 0.0666 e. The number of nitriles is 1. The molecule has 18 heavy (non-hydrogen) atoms. The highest BCUT2D eigenvalue weighted by molar-refractivity contribution is 5.27. The van der Waals surface area contributed by atoms with E-state index in [0.29, 0.717) is 0 Å². The lowest BCUT2D eigenvalue weighted by molar-refractivity contribution is 0.303. The molecule has 1 aromatic rings. The molecule has 1 atom stereocenters. The highest BCUT2D eigenvalue weighted by Gasteiger charge is 2.13. The number of hydrogen-bond acceptors (Lipinski definition) is 2. The van der Waals surface area contributed by atoms with Crippen LogP contribution in [0.2, 0.25) is 0 Å².